The Morgan fingerprint density at radius 1 is 0.914 bits per heavy atom. The zero-order valence-electron chi connectivity index (χ0n) is 20.1. The second-order valence-corrected chi connectivity index (χ2v) is 10.2. The third kappa shape index (κ3) is 8.30. The lowest BCUT2D eigenvalue weighted by molar-refractivity contribution is -0.143. The van der Waals surface area contributed by atoms with Crippen molar-refractivity contribution in [2.75, 3.05) is 6.61 Å². The number of ether oxygens (including phenoxy) is 1. The fourth-order valence-corrected chi connectivity index (χ4v) is 4.03. The highest BCUT2D eigenvalue weighted by atomic mass is 35.5. The van der Waals surface area contributed by atoms with Gasteiger partial charge in [0.05, 0.1) is 5.02 Å². The number of carbonyl (C=O) groups excluding carboxylic acids is 2. The van der Waals surface area contributed by atoms with E-state index in [4.69, 9.17) is 27.9 Å². The predicted molar refractivity (Wildman–Crippen MR) is 141 cm³/mol. The van der Waals surface area contributed by atoms with E-state index in [0.29, 0.717) is 22.2 Å². The van der Waals surface area contributed by atoms with E-state index in [1.807, 2.05) is 63.2 Å². The van der Waals surface area contributed by atoms with Gasteiger partial charge in [0, 0.05) is 23.5 Å². The van der Waals surface area contributed by atoms with Crippen molar-refractivity contribution < 1.29 is 14.3 Å². The molecule has 0 radical (unpaired) electrons. The molecule has 0 aliphatic heterocycles. The number of halogens is 2. The third-order valence-electron chi connectivity index (χ3n) is 5.20. The van der Waals surface area contributed by atoms with Gasteiger partial charge >= 0.3 is 0 Å². The molecular formula is C28H30Cl2N2O3. The number of nitrogens with one attached hydrogen (secondary N) is 1. The molecule has 0 aliphatic carbocycles. The number of rotatable bonds is 9. The van der Waals surface area contributed by atoms with E-state index in [2.05, 4.69) is 5.32 Å². The number of carbonyl (C=O) groups is 2. The molecule has 1 unspecified atom stereocenters. The molecule has 35 heavy (non-hydrogen) atoms. The summed E-state index contributed by atoms with van der Waals surface area (Å²) in [7, 11) is 0. The van der Waals surface area contributed by atoms with Crippen molar-refractivity contribution in [3.63, 3.8) is 0 Å². The van der Waals surface area contributed by atoms with Crippen LogP contribution in [0.4, 0.5) is 0 Å². The van der Waals surface area contributed by atoms with Gasteiger partial charge in [0.1, 0.15) is 11.8 Å². The minimum Gasteiger partial charge on any atom is -0.482 e. The first-order valence-electron chi connectivity index (χ1n) is 11.4. The molecule has 0 fully saturated rings. The molecule has 2 amide bonds. The molecule has 3 rings (SSSR count). The Balaban J connectivity index is 1.94. The summed E-state index contributed by atoms with van der Waals surface area (Å²) in [5, 5.41) is 4.00. The average molecular weight is 513 g/mol. The molecule has 184 valence electrons. The molecule has 1 atom stereocenters. The Bertz CT molecular complexity index is 1150. The van der Waals surface area contributed by atoms with Crippen molar-refractivity contribution in [3.8, 4) is 5.75 Å². The standard InChI is InChI=1S/C28H30Cl2N2O3/c1-28(2,3)31-27(34)24(17-20-10-5-4-6-11-20)32(18-21-12-9-13-22(29)16-21)26(33)19-35-25-15-8-7-14-23(25)30/h4-16,24H,17-19H2,1-3H3,(H,31,34). The van der Waals surface area contributed by atoms with Crippen LogP contribution in [0.25, 0.3) is 0 Å². The maximum Gasteiger partial charge on any atom is 0.261 e. The summed E-state index contributed by atoms with van der Waals surface area (Å²) in [4.78, 5) is 28.6. The van der Waals surface area contributed by atoms with E-state index in [-0.39, 0.29) is 25.0 Å². The smallest absolute Gasteiger partial charge is 0.261 e. The van der Waals surface area contributed by atoms with Crippen molar-refractivity contribution in [2.45, 2.75) is 45.3 Å². The van der Waals surface area contributed by atoms with Crippen LogP contribution >= 0.6 is 23.2 Å². The Hall–Kier alpha value is -3.02. The molecule has 0 bridgehead atoms. The maximum absolute atomic E-state index is 13.6. The Morgan fingerprint density at radius 2 is 1.57 bits per heavy atom. The van der Waals surface area contributed by atoms with Crippen molar-refractivity contribution in [1.29, 1.82) is 0 Å². The molecule has 0 saturated heterocycles. The molecule has 3 aromatic carbocycles. The topological polar surface area (TPSA) is 58.6 Å². The van der Waals surface area contributed by atoms with E-state index in [1.54, 1.807) is 41.3 Å². The minimum atomic E-state index is -0.766. The van der Waals surface area contributed by atoms with Gasteiger partial charge in [-0.15, -0.1) is 0 Å². The van der Waals surface area contributed by atoms with Gasteiger partial charge in [0.25, 0.3) is 5.91 Å². The second kappa shape index (κ2) is 12.1. The number of hydrogen-bond donors (Lipinski definition) is 1. The summed E-state index contributed by atoms with van der Waals surface area (Å²) in [6.45, 7) is 5.66. The molecule has 0 aromatic heterocycles. The fourth-order valence-electron chi connectivity index (χ4n) is 3.62. The zero-order valence-corrected chi connectivity index (χ0v) is 21.6. The van der Waals surface area contributed by atoms with Gasteiger partial charge in [-0.2, -0.15) is 0 Å². The van der Waals surface area contributed by atoms with Gasteiger partial charge in [-0.3, -0.25) is 9.59 Å². The van der Waals surface area contributed by atoms with Crippen LogP contribution in [-0.2, 0) is 22.6 Å². The van der Waals surface area contributed by atoms with E-state index < -0.39 is 11.6 Å². The van der Waals surface area contributed by atoms with Crippen molar-refractivity contribution >= 4 is 35.0 Å². The van der Waals surface area contributed by atoms with Crippen LogP contribution in [0.1, 0.15) is 31.9 Å². The fraction of sp³-hybridized carbons (Fsp3) is 0.286. The lowest BCUT2D eigenvalue weighted by Crippen LogP contribution is -2.55. The molecule has 0 saturated carbocycles. The predicted octanol–water partition coefficient (Wildman–Crippen LogP) is 5.93. The Morgan fingerprint density at radius 3 is 2.23 bits per heavy atom. The van der Waals surface area contributed by atoms with E-state index in [9.17, 15) is 9.59 Å². The van der Waals surface area contributed by atoms with Crippen LogP contribution in [0, 0.1) is 0 Å². The summed E-state index contributed by atoms with van der Waals surface area (Å²) in [6, 6.07) is 23.1. The van der Waals surface area contributed by atoms with Gasteiger partial charge in [-0.05, 0) is 56.2 Å². The second-order valence-electron chi connectivity index (χ2n) is 9.32. The van der Waals surface area contributed by atoms with Gasteiger partial charge in [-0.25, -0.2) is 0 Å². The highest BCUT2D eigenvalue weighted by Gasteiger charge is 2.32. The summed E-state index contributed by atoms with van der Waals surface area (Å²) in [6.07, 6.45) is 0.348. The van der Waals surface area contributed by atoms with Gasteiger partial charge in [0.2, 0.25) is 5.91 Å². The van der Waals surface area contributed by atoms with Crippen molar-refractivity contribution in [3.05, 3.63) is 100 Å². The number of nitrogens with zero attached hydrogens (tertiary/aromatic N) is 1. The first kappa shape index (κ1) is 26.6. The Kier molecular flexibility index (Phi) is 9.19. The zero-order chi connectivity index (χ0) is 25.4. The monoisotopic (exact) mass is 512 g/mol. The van der Waals surface area contributed by atoms with Crippen molar-refractivity contribution in [2.24, 2.45) is 0 Å². The number of para-hydroxylation sites is 1. The van der Waals surface area contributed by atoms with Gasteiger partial charge < -0.3 is 15.0 Å². The molecule has 0 aliphatic rings. The summed E-state index contributed by atoms with van der Waals surface area (Å²) < 4.78 is 5.74. The molecular weight excluding hydrogens is 483 g/mol. The highest BCUT2D eigenvalue weighted by Crippen LogP contribution is 2.24. The lowest BCUT2D eigenvalue weighted by Gasteiger charge is -2.33. The molecule has 7 heteroatoms. The quantitative estimate of drug-likeness (QED) is 0.386. The van der Waals surface area contributed by atoms with E-state index in [0.717, 1.165) is 11.1 Å². The largest absolute Gasteiger partial charge is 0.482 e. The van der Waals surface area contributed by atoms with Crippen LogP contribution in [0.15, 0.2) is 78.9 Å². The van der Waals surface area contributed by atoms with Crippen LogP contribution in [0.3, 0.4) is 0 Å². The minimum absolute atomic E-state index is 0.195. The Labute approximate surface area is 217 Å². The van der Waals surface area contributed by atoms with E-state index in [1.165, 1.54) is 0 Å². The van der Waals surface area contributed by atoms with Crippen LogP contribution in [-0.4, -0.2) is 34.9 Å². The maximum atomic E-state index is 13.6. The third-order valence-corrected chi connectivity index (χ3v) is 5.75. The summed E-state index contributed by atoms with van der Waals surface area (Å²) in [5.74, 6) is -0.173. The first-order chi connectivity index (χ1) is 16.6. The van der Waals surface area contributed by atoms with E-state index >= 15 is 0 Å². The van der Waals surface area contributed by atoms with Crippen LogP contribution in [0.2, 0.25) is 10.0 Å². The number of benzene rings is 3. The number of amides is 2. The first-order valence-corrected chi connectivity index (χ1v) is 12.1. The van der Waals surface area contributed by atoms with Crippen molar-refractivity contribution in [1.82, 2.24) is 10.2 Å². The summed E-state index contributed by atoms with van der Waals surface area (Å²) in [5.41, 5.74) is 1.29. The normalized spacial score (nSPS) is 12.0. The summed E-state index contributed by atoms with van der Waals surface area (Å²) >= 11 is 12.4. The molecule has 0 heterocycles. The van der Waals surface area contributed by atoms with Gasteiger partial charge in [-0.1, -0.05) is 77.8 Å². The molecule has 1 N–H and O–H groups in total. The van der Waals surface area contributed by atoms with Crippen LogP contribution < -0.4 is 10.1 Å². The highest BCUT2D eigenvalue weighted by molar-refractivity contribution is 6.32. The average Bonchev–Trinajstić information content (AvgIpc) is 2.80. The number of hydrogen-bond acceptors (Lipinski definition) is 3. The van der Waals surface area contributed by atoms with Crippen LogP contribution in [0.5, 0.6) is 5.75 Å². The van der Waals surface area contributed by atoms with Gasteiger partial charge in [0.15, 0.2) is 6.61 Å². The molecule has 3 aromatic rings. The lowest BCUT2D eigenvalue weighted by atomic mass is 10.0. The molecule has 0 spiro atoms. The SMILES string of the molecule is CC(C)(C)NC(=O)C(Cc1ccccc1)N(Cc1cccc(Cl)c1)C(=O)COc1ccccc1Cl. The molecule has 5 nitrogen and oxygen atoms in total.